The fourth-order valence-electron chi connectivity index (χ4n) is 1.30. The summed E-state index contributed by atoms with van der Waals surface area (Å²) in [6.07, 6.45) is 1.62. The second kappa shape index (κ2) is 6.54. The van der Waals surface area contributed by atoms with Crippen LogP contribution in [-0.2, 0) is 4.79 Å². The van der Waals surface area contributed by atoms with Crippen LogP contribution in [0.5, 0.6) is 0 Å². The summed E-state index contributed by atoms with van der Waals surface area (Å²) < 4.78 is 0. The topological polar surface area (TPSA) is 66.9 Å². The molecule has 18 heavy (non-hydrogen) atoms. The normalized spacial score (nSPS) is 12.3. The molecular formula is C12H19ClN4O. The lowest BCUT2D eigenvalue weighted by Crippen LogP contribution is -2.39. The Balaban J connectivity index is 2.60. The van der Waals surface area contributed by atoms with E-state index in [0.29, 0.717) is 18.3 Å². The smallest absolute Gasteiger partial charge is 0.242 e. The Bertz CT molecular complexity index is 423. The number of anilines is 1. The Morgan fingerprint density at radius 2 is 2.11 bits per heavy atom. The lowest BCUT2D eigenvalue weighted by molar-refractivity contribution is -0.121. The maximum absolute atomic E-state index is 11.8. The molecule has 6 heteroatoms. The lowest BCUT2D eigenvalue weighted by atomic mass is 10.2. The minimum Gasteiger partial charge on any atom is -0.358 e. The molecule has 1 atom stereocenters. The van der Waals surface area contributed by atoms with Crippen LogP contribution in [-0.4, -0.2) is 28.5 Å². The summed E-state index contributed by atoms with van der Waals surface area (Å²) in [4.78, 5) is 19.7. The third-order valence-corrected chi connectivity index (χ3v) is 2.56. The van der Waals surface area contributed by atoms with E-state index in [-0.39, 0.29) is 17.2 Å². The highest BCUT2D eigenvalue weighted by atomic mass is 35.5. The third kappa shape index (κ3) is 4.49. The first kappa shape index (κ1) is 14.7. The summed E-state index contributed by atoms with van der Waals surface area (Å²) in [5.41, 5.74) is 0.850. The van der Waals surface area contributed by atoms with E-state index in [2.05, 4.69) is 20.6 Å². The Labute approximate surface area is 112 Å². The van der Waals surface area contributed by atoms with E-state index in [9.17, 15) is 4.79 Å². The van der Waals surface area contributed by atoms with Crippen LogP contribution in [0.3, 0.4) is 0 Å². The predicted molar refractivity (Wildman–Crippen MR) is 72.7 cm³/mol. The maximum atomic E-state index is 11.8. The van der Waals surface area contributed by atoms with Crippen LogP contribution in [0.25, 0.3) is 0 Å². The van der Waals surface area contributed by atoms with Crippen molar-refractivity contribution in [2.75, 3.05) is 11.9 Å². The molecule has 1 heterocycles. The molecule has 1 rings (SSSR count). The number of rotatable bonds is 5. The Kier molecular flexibility index (Phi) is 5.34. The van der Waals surface area contributed by atoms with Gasteiger partial charge >= 0.3 is 0 Å². The molecule has 0 fully saturated rings. The van der Waals surface area contributed by atoms with Crippen LogP contribution in [0, 0.1) is 12.8 Å². The Hall–Kier alpha value is -1.36. The van der Waals surface area contributed by atoms with Crippen LogP contribution >= 0.6 is 11.6 Å². The van der Waals surface area contributed by atoms with E-state index in [1.54, 1.807) is 13.1 Å². The standard InChI is InChI=1S/C12H19ClN4O/c1-7(2)5-14-11(18)9(4)16-10-8(3)6-15-12(13)17-10/h6-7,9H,5H2,1-4H3,(H,14,18)(H,15,16,17). The molecule has 100 valence electrons. The Morgan fingerprint density at radius 3 is 2.72 bits per heavy atom. The summed E-state index contributed by atoms with van der Waals surface area (Å²) in [5.74, 6) is 0.955. The number of hydrogen-bond donors (Lipinski definition) is 2. The maximum Gasteiger partial charge on any atom is 0.242 e. The molecule has 1 amide bonds. The van der Waals surface area contributed by atoms with Crippen LogP contribution in [0.1, 0.15) is 26.3 Å². The summed E-state index contributed by atoms with van der Waals surface area (Å²) in [5, 5.41) is 6.05. The van der Waals surface area contributed by atoms with Gasteiger partial charge in [-0.1, -0.05) is 13.8 Å². The highest BCUT2D eigenvalue weighted by Gasteiger charge is 2.14. The van der Waals surface area contributed by atoms with Crippen molar-refractivity contribution in [2.45, 2.75) is 33.7 Å². The van der Waals surface area contributed by atoms with E-state index in [4.69, 9.17) is 11.6 Å². The second-order valence-corrected chi connectivity index (χ2v) is 5.01. The Morgan fingerprint density at radius 1 is 1.44 bits per heavy atom. The summed E-state index contributed by atoms with van der Waals surface area (Å²) in [6, 6.07) is -0.367. The fourth-order valence-corrected chi connectivity index (χ4v) is 1.43. The molecule has 0 radical (unpaired) electrons. The van der Waals surface area contributed by atoms with Crippen LogP contribution in [0.4, 0.5) is 5.82 Å². The average Bonchev–Trinajstić information content (AvgIpc) is 2.30. The third-order valence-electron chi connectivity index (χ3n) is 2.37. The van der Waals surface area contributed by atoms with Crippen LogP contribution in [0.2, 0.25) is 5.28 Å². The predicted octanol–water partition coefficient (Wildman–Crippen LogP) is 2.01. The van der Waals surface area contributed by atoms with Gasteiger partial charge in [-0.05, 0) is 31.4 Å². The van der Waals surface area contributed by atoms with E-state index in [1.807, 2.05) is 20.8 Å². The number of aryl methyl sites for hydroxylation is 1. The van der Waals surface area contributed by atoms with Gasteiger partial charge in [0.1, 0.15) is 11.9 Å². The monoisotopic (exact) mass is 270 g/mol. The number of carbonyl (C=O) groups excluding carboxylic acids is 1. The number of aromatic nitrogens is 2. The van der Waals surface area contributed by atoms with Crippen molar-refractivity contribution >= 4 is 23.3 Å². The highest BCUT2D eigenvalue weighted by molar-refractivity contribution is 6.28. The molecular weight excluding hydrogens is 252 g/mol. The quantitative estimate of drug-likeness (QED) is 0.804. The van der Waals surface area contributed by atoms with Gasteiger partial charge in [0, 0.05) is 18.3 Å². The molecule has 1 aromatic heterocycles. The number of halogens is 1. The van der Waals surface area contributed by atoms with Crippen molar-refractivity contribution in [1.29, 1.82) is 0 Å². The number of hydrogen-bond acceptors (Lipinski definition) is 4. The number of amides is 1. The van der Waals surface area contributed by atoms with Crippen LogP contribution in [0.15, 0.2) is 6.20 Å². The first-order valence-electron chi connectivity index (χ1n) is 5.93. The lowest BCUT2D eigenvalue weighted by Gasteiger charge is -2.16. The van der Waals surface area contributed by atoms with E-state index >= 15 is 0 Å². The molecule has 0 aliphatic rings. The minimum absolute atomic E-state index is 0.0576. The average molecular weight is 271 g/mol. The zero-order valence-corrected chi connectivity index (χ0v) is 11.9. The van der Waals surface area contributed by atoms with Crippen molar-refractivity contribution in [2.24, 2.45) is 5.92 Å². The van der Waals surface area contributed by atoms with Crippen molar-refractivity contribution < 1.29 is 4.79 Å². The number of nitrogens with zero attached hydrogens (tertiary/aromatic N) is 2. The molecule has 0 bridgehead atoms. The molecule has 0 aliphatic carbocycles. The van der Waals surface area contributed by atoms with Crippen molar-refractivity contribution in [1.82, 2.24) is 15.3 Å². The molecule has 0 saturated carbocycles. The van der Waals surface area contributed by atoms with Gasteiger partial charge in [-0.25, -0.2) is 9.97 Å². The largest absolute Gasteiger partial charge is 0.358 e. The molecule has 1 aromatic rings. The van der Waals surface area contributed by atoms with Crippen molar-refractivity contribution in [3.8, 4) is 0 Å². The second-order valence-electron chi connectivity index (χ2n) is 4.68. The van der Waals surface area contributed by atoms with Gasteiger partial charge in [-0.3, -0.25) is 4.79 Å². The minimum atomic E-state index is -0.367. The van der Waals surface area contributed by atoms with Crippen molar-refractivity contribution in [3.05, 3.63) is 17.0 Å². The molecule has 0 aliphatic heterocycles. The zero-order valence-electron chi connectivity index (χ0n) is 11.1. The fraction of sp³-hybridized carbons (Fsp3) is 0.583. The molecule has 1 unspecified atom stereocenters. The first-order valence-corrected chi connectivity index (χ1v) is 6.31. The van der Waals surface area contributed by atoms with Crippen LogP contribution < -0.4 is 10.6 Å². The van der Waals surface area contributed by atoms with E-state index in [1.165, 1.54) is 0 Å². The number of nitrogens with one attached hydrogen (secondary N) is 2. The van der Waals surface area contributed by atoms with Crippen molar-refractivity contribution in [3.63, 3.8) is 0 Å². The summed E-state index contributed by atoms with van der Waals surface area (Å²) in [7, 11) is 0. The van der Waals surface area contributed by atoms with E-state index in [0.717, 1.165) is 5.56 Å². The van der Waals surface area contributed by atoms with Gasteiger partial charge in [0.2, 0.25) is 11.2 Å². The van der Waals surface area contributed by atoms with Gasteiger partial charge in [0.15, 0.2) is 0 Å². The first-order chi connectivity index (χ1) is 8.40. The van der Waals surface area contributed by atoms with Gasteiger partial charge < -0.3 is 10.6 Å². The highest BCUT2D eigenvalue weighted by Crippen LogP contribution is 2.13. The molecule has 0 aromatic carbocycles. The molecule has 0 spiro atoms. The molecule has 0 saturated heterocycles. The van der Waals surface area contributed by atoms with Gasteiger partial charge in [0.25, 0.3) is 0 Å². The SMILES string of the molecule is Cc1cnc(Cl)nc1NC(C)C(=O)NCC(C)C. The van der Waals surface area contributed by atoms with Gasteiger partial charge in [-0.15, -0.1) is 0 Å². The van der Waals surface area contributed by atoms with Gasteiger partial charge in [0.05, 0.1) is 0 Å². The van der Waals surface area contributed by atoms with Gasteiger partial charge in [-0.2, -0.15) is 0 Å². The summed E-state index contributed by atoms with van der Waals surface area (Å²) >= 11 is 5.72. The molecule has 2 N–H and O–H groups in total. The molecule has 5 nitrogen and oxygen atoms in total. The number of carbonyl (C=O) groups is 1. The zero-order chi connectivity index (χ0) is 13.7. The summed E-state index contributed by atoms with van der Waals surface area (Å²) in [6.45, 7) is 8.40. The van der Waals surface area contributed by atoms with E-state index < -0.39 is 0 Å².